The van der Waals surface area contributed by atoms with Gasteiger partial charge in [0.15, 0.2) is 0 Å². The van der Waals surface area contributed by atoms with Gasteiger partial charge in [-0.15, -0.1) is 0 Å². The standard InChI is InChI=1S/C12H28N2/c1-5-11(13)8-6-7-9-14-10-12(2,3)4/h11,14H,5-10,13H2,1-4H3. The topological polar surface area (TPSA) is 38.0 Å². The van der Waals surface area contributed by atoms with Crippen molar-refractivity contribution in [1.29, 1.82) is 0 Å². The van der Waals surface area contributed by atoms with Gasteiger partial charge >= 0.3 is 0 Å². The summed E-state index contributed by atoms with van der Waals surface area (Å²) in [5.74, 6) is 0. The summed E-state index contributed by atoms with van der Waals surface area (Å²) in [6.07, 6.45) is 4.79. The Morgan fingerprint density at radius 1 is 1.21 bits per heavy atom. The third-order valence-electron chi connectivity index (χ3n) is 2.36. The number of hydrogen-bond donors (Lipinski definition) is 2. The van der Waals surface area contributed by atoms with Gasteiger partial charge in [0.25, 0.3) is 0 Å². The van der Waals surface area contributed by atoms with Gasteiger partial charge in [-0.25, -0.2) is 0 Å². The van der Waals surface area contributed by atoms with Gasteiger partial charge < -0.3 is 11.1 Å². The van der Waals surface area contributed by atoms with Crippen LogP contribution >= 0.6 is 0 Å². The Hall–Kier alpha value is -0.0800. The van der Waals surface area contributed by atoms with Crippen LogP contribution in [-0.4, -0.2) is 19.1 Å². The van der Waals surface area contributed by atoms with Crippen LogP contribution in [0.15, 0.2) is 0 Å². The van der Waals surface area contributed by atoms with Gasteiger partial charge in [-0.05, 0) is 37.8 Å². The summed E-state index contributed by atoms with van der Waals surface area (Å²) in [5.41, 5.74) is 6.24. The molecule has 0 amide bonds. The van der Waals surface area contributed by atoms with Crippen molar-refractivity contribution in [3.05, 3.63) is 0 Å². The summed E-state index contributed by atoms with van der Waals surface area (Å²) in [4.78, 5) is 0. The van der Waals surface area contributed by atoms with Gasteiger partial charge in [0.1, 0.15) is 0 Å². The van der Waals surface area contributed by atoms with E-state index >= 15 is 0 Å². The number of unbranched alkanes of at least 4 members (excludes halogenated alkanes) is 1. The fourth-order valence-electron chi connectivity index (χ4n) is 1.32. The normalized spacial score (nSPS) is 14.4. The van der Waals surface area contributed by atoms with E-state index in [1.165, 1.54) is 19.3 Å². The van der Waals surface area contributed by atoms with Gasteiger partial charge in [0.2, 0.25) is 0 Å². The first-order valence-corrected chi connectivity index (χ1v) is 5.92. The number of nitrogens with two attached hydrogens (primary N) is 1. The van der Waals surface area contributed by atoms with E-state index in [4.69, 9.17) is 5.73 Å². The van der Waals surface area contributed by atoms with Crippen molar-refractivity contribution in [3.63, 3.8) is 0 Å². The van der Waals surface area contributed by atoms with Crippen LogP contribution in [0.4, 0.5) is 0 Å². The quantitative estimate of drug-likeness (QED) is 0.620. The summed E-state index contributed by atoms with van der Waals surface area (Å²) in [5, 5.41) is 3.48. The largest absolute Gasteiger partial charge is 0.328 e. The summed E-state index contributed by atoms with van der Waals surface area (Å²) in [6.45, 7) is 11.2. The molecular weight excluding hydrogens is 172 g/mol. The summed E-state index contributed by atoms with van der Waals surface area (Å²) in [6, 6.07) is 0.414. The predicted octanol–water partition coefficient (Wildman–Crippen LogP) is 2.53. The van der Waals surface area contributed by atoms with E-state index in [9.17, 15) is 0 Å². The van der Waals surface area contributed by atoms with Crippen LogP contribution in [0.25, 0.3) is 0 Å². The zero-order valence-corrected chi connectivity index (χ0v) is 10.4. The van der Waals surface area contributed by atoms with Crippen LogP contribution in [0.1, 0.15) is 53.4 Å². The number of nitrogens with one attached hydrogen (secondary N) is 1. The Morgan fingerprint density at radius 3 is 2.36 bits per heavy atom. The molecule has 0 saturated heterocycles. The average Bonchev–Trinajstić information content (AvgIpc) is 2.08. The molecule has 3 N–H and O–H groups in total. The molecule has 1 unspecified atom stereocenters. The highest BCUT2D eigenvalue weighted by Crippen LogP contribution is 2.10. The molecule has 0 bridgehead atoms. The maximum absolute atomic E-state index is 5.84. The molecule has 0 aromatic heterocycles. The maximum atomic E-state index is 5.84. The van der Waals surface area contributed by atoms with Gasteiger partial charge in [-0.2, -0.15) is 0 Å². The Morgan fingerprint density at radius 2 is 1.86 bits per heavy atom. The molecule has 0 aromatic carbocycles. The Kier molecular flexibility index (Phi) is 7.20. The first-order chi connectivity index (χ1) is 6.45. The van der Waals surface area contributed by atoms with E-state index in [1.54, 1.807) is 0 Å². The lowest BCUT2D eigenvalue weighted by atomic mass is 9.97. The molecule has 0 aliphatic carbocycles. The van der Waals surface area contributed by atoms with Gasteiger partial charge in [-0.3, -0.25) is 0 Å². The SMILES string of the molecule is CCC(N)CCCCNCC(C)(C)C. The van der Waals surface area contributed by atoms with Crippen molar-refractivity contribution in [2.75, 3.05) is 13.1 Å². The Labute approximate surface area is 89.6 Å². The first-order valence-electron chi connectivity index (χ1n) is 5.92. The minimum absolute atomic E-state index is 0.403. The van der Waals surface area contributed by atoms with Crippen molar-refractivity contribution >= 4 is 0 Å². The second-order valence-corrected chi connectivity index (χ2v) is 5.40. The smallest absolute Gasteiger partial charge is 0.00362 e. The highest BCUT2D eigenvalue weighted by molar-refractivity contribution is 4.65. The third kappa shape index (κ3) is 10.0. The second-order valence-electron chi connectivity index (χ2n) is 5.40. The predicted molar refractivity (Wildman–Crippen MR) is 64.4 cm³/mol. The van der Waals surface area contributed by atoms with Crippen LogP contribution < -0.4 is 11.1 Å². The average molecular weight is 200 g/mol. The van der Waals surface area contributed by atoms with Crippen molar-refractivity contribution in [2.45, 2.75) is 59.4 Å². The molecule has 86 valence electrons. The van der Waals surface area contributed by atoms with E-state index in [-0.39, 0.29) is 0 Å². The van der Waals surface area contributed by atoms with E-state index in [0.717, 1.165) is 19.5 Å². The van der Waals surface area contributed by atoms with Crippen molar-refractivity contribution in [2.24, 2.45) is 11.1 Å². The highest BCUT2D eigenvalue weighted by atomic mass is 14.9. The highest BCUT2D eigenvalue weighted by Gasteiger charge is 2.08. The lowest BCUT2D eigenvalue weighted by Gasteiger charge is -2.18. The van der Waals surface area contributed by atoms with Crippen LogP contribution in [0.2, 0.25) is 0 Å². The van der Waals surface area contributed by atoms with Crippen LogP contribution in [-0.2, 0) is 0 Å². The molecule has 0 aliphatic rings. The van der Waals surface area contributed by atoms with E-state index < -0.39 is 0 Å². The molecule has 0 saturated carbocycles. The Bertz CT molecular complexity index is 127. The minimum atomic E-state index is 0.403. The maximum Gasteiger partial charge on any atom is 0.00362 e. The molecule has 0 spiro atoms. The van der Waals surface area contributed by atoms with E-state index in [1.807, 2.05) is 0 Å². The second kappa shape index (κ2) is 7.24. The Balaban J connectivity index is 3.14. The molecule has 0 radical (unpaired) electrons. The molecule has 0 rings (SSSR count). The van der Waals surface area contributed by atoms with Crippen molar-refractivity contribution in [1.82, 2.24) is 5.32 Å². The van der Waals surface area contributed by atoms with Gasteiger partial charge in [-0.1, -0.05) is 34.1 Å². The zero-order chi connectivity index (χ0) is 11.0. The van der Waals surface area contributed by atoms with E-state index in [2.05, 4.69) is 33.0 Å². The summed E-state index contributed by atoms with van der Waals surface area (Å²) in [7, 11) is 0. The number of rotatable bonds is 7. The molecule has 1 atom stereocenters. The molecule has 0 fully saturated rings. The zero-order valence-electron chi connectivity index (χ0n) is 10.4. The lowest BCUT2D eigenvalue weighted by molar-refractivity contribution is 0.376. The van der Waals surface area contributed by atoms with E-state index in [0.29, 0.717) is 11.5 Å². The molecule has 2 heteroatoms. The molecule has 2 nitrogen and oxygen atoms in total. The minimum Gasteiger partial charge on any atom is -0.328 e. The first kappa shape index (κ1) is 13.9. The molecule has 0 aromatic rings. The monoisotopic (exact) mass is 200 g/mol. The molecule has 0 heterocycles. The van der Waals surface area contributed by atoms with Gasteiger partial charge in [0, 0.05) is 6.04 Å². The van der Waals surface area contributed by atoms with Crippen LogP contribution in [0.5, 0.6) is 0 Å². The fraction of sp³-hybridized carbons (Fsp3) is 1.00. The van der Waals surface area contributed by atoms with Crippen LogP contribution in [0, 0.1) is 5.41 Å². The van der Waals surface area contributed by atoms with Crippen molar-refractivity contribution in [3.8, 4) is 0 Å². The number of hydrogen-bond acceptors (Lipinski definition) is 2. The third-order valence-corrected chi connectivity index (χ3v) is 2.36. The summed E-state index contributed by atoms with van der Waals surface area (Å²) < 4.78 is 0. The fourth-order valence-corrected chi connectivity index (χ4v) is 1.32. The lowest BCUT2D eigenvalue weighted by Crippen LogP contribution is -2.27. The molecule has 14 heavy (non-hydrogen) atoms. The molecule has 0 aliphatic heterocycles. The van der Waals surface area contributed by atoms with Crippen molar-refractivity contribution < 1.29 is 0 Å². The van der Waals surface area contributed by atoms with Crippen LogP contribution in [0.3, 0.4) is 0 Å². The molecular formula is C12H28N2. The summed E-state index contributed by atoms with van der Waals surface area (Å²) >= 11 is 0. The van der Waals surface area contributed by atoms with Gasteiger partial charge in [0.05, 0.1) is 0 Å².